The van der Waals surface area contributed by atoms with Crippen molar-refractivity contribution in [2.24, 2.45) is 0 Å². The molecule has 1 atom stereocenters. The first-order valence-electron chi connectivity index (χ1n) is 11.5. The van der Waals surface area contributed by atoms with Gasteiger partial charge in [0.15, 0.2) is 0 Å². The van der Waals surface area contributed by atoms with Crippen LogP contribution in [0.4, 0.5) is 0 Å². The van der Waals surface area contributed by atoms with Gasteiger partial charge in [-0.15, -0.1) is 0 Å². The number of hydrogen-bond acceptors (Lipinski definition) is 4. The summed E-state index contributed by atoms with van der Waals surface area (Å²) < 4.78 is 6.92. The molecule has 0 saturated carbocycles. The fraction of sp³-hybridized carbons (Fsp3) is 0.250. The van der Waals surface area contributed by atoms with E-state index in [9.17, 15) is 9.59 Å². The summed E-state index contributed by atoms with van der Waals surface area (Å²) in [5.41, 5.74) is 2.91. The van der Waals surface area contributed by atoms with E-state index in [2.05, 4.69) is 6.92 Å². The number of ether oxygens (including phenoxy) is 1. The van der Waals surface area contributed by atoms with Crippen molar-refractivity contribution in [1.29, 1.82) is 0 Å². The first kappa shape index (κ1) is 23.4. The Morgan fingerprint density at radius 3 is 2.35 bits per heavy atom. The van der Waals surface area contributed by atoms with E-state index in [1.165, 1.54) is 5.56 Å². The van der Waals surface area contributed by atoms with Gasteiger partial charge >= 0.3 is 0 Å². The second-order valence-electron chi connectivity index (χ2n) is 8.18. The first-order valence-corrected chi connectivity index (χ1v) is 11.5. The van der Waals surface area contributed by atoms with Crippen LogP contribution in [-0.2, 0) is 11.2 Å². The molecule has 0 aliphatic heterocycles. The molecule has 6 heteroatoms. The fourth-order valence-corrected chi connectivity index (χ4v) is 4.11. The molecule has 0 radical (unpaired) electrons. The maximum atomic E-state index is 13.6. The molecule has 3 aromatic carbocycles. The number of amides is 1. The number of hydrogen-bond donors (Lipinski definition) is 0. The summed E-state index contributed by atoms with van der Waals surface area (Å²) in [6.07, 6.45) is 0.905. The van der Waals surface area contributed by atoms with Gasteiger partial charge in [0.1, 0.15) is 5.82 Å². The van der Waals surface area contributed by atoms with Gasteiger partial charge in [0.2, 0.25) is 0 Å². The smallest absolute Gasteiger partial charge is 0.266 e. The van der Waals surface area contributed by atoms with Crippen molar-refractivity contribution in [2.45, 2.75) is 26.3 Å². The number of carbonyl (C=O) groups excluding carboxylic acids is 1. The highest BCUT2D eigenvalue weighted by Gasteiger charge is 2.27. The molecular weight excluding hydrogens is 426 g/mol. The molecule has 1 unspecified atom stereocenters. The summed E-state index contributed by atoms with van der Waals surface area (Å²) in [4.78, 5) is 33.8. The number of aryl methyl sites for hydroxylation is 1. The summed E-state index contributed by atoms with van der Waals surface area (Å²) in [7, 11) is 1.61. The molecule has 0 N–H and O–H groups in total. The van der Waals surface area contributed by atoms with Crippen molar-refractivity contribution in [3.63, 3.8) is 0 Å². The van der Waals surface area contributed by atoms with E-state index >= 15 is 0 Å². The maximum Gasteiger partial charge on any atom is 0.266 e. The Bertz CT molecular complexity index is 1330. The Kier molecular flexibility index (Phi) is 7.18. The van der Waals surface area contributed by atoms with E-state index in [0.717, 1.165) is 6.42 Å². The van der Waals surface area contributed by atoms with Gasteiger partial charge in [-0.25, -0.2) is 4.98 Å². The van der Waals surface area contributed by atoms with Crippen LogP contribution >= 0.6 is 0 Å². The van der Waals surface area contributed by atoms with Crippen LogP contribution in [-0.4, -0.2) is 40.6 Å². The lowest BCUT2D eigenvalue weighted by Crippen LogP contribution is -2.39. The Morgan fingerprint density at radius 2 is 1.68 bits per heavy atom. The van der Waals surface area contributed by atoms with Gasteiger partial charge in [0, 0.05) is 19.2 Å². The van der Waals surface area contributed by atoms with Gasteiger partial charge in [-0.3, -0.25) is 14.2 Å². The fourth-order valence-electron chi connectivity index (χ4n) is 4.11. The van der Waals surface area contributed by atoms with Crippen LogP contribution in [0.1, 0.15) is 41.6 Å². The second-order valence-corrected chi connectivity index (χ2v) is 8.18. The van der Waals surface area contributed by atoms with Gasteiger partial charge in [0.25, 0.3) is 11.5 Å². The molecule has 0 aliphatic carbocycles. The lowest BCUT2D eigenvalue weighted by Gasteiger charge is -2.30. The standard InChI is InChI=1S/C28H29N3O3/c1-4-21-14-16-22(17-15-21)27(32)30(18-19-34-3)20(2)26-29-25-13-9-8-12-24(25)28(33)31(26)23-10-6-5-7-11-23/h5-17,20H,4,18-19H2,1-3H3. The zero-order valence-electron chi connectivity index (χ0n) is 19.8. The Labute approximate surface area is 199 Å². The molecule has 1 heterocycles. The number of rotatable bonds is 8. The molecule has 0 spiro atoms. The van der Waals surface area contributed by atoms with Gasteiger partial charge in [0.05, 0.1) is 29.2 Å². The first-order chi connectivity index (χ1) is 16.5. The van der Waals surface area contributed by atoms with Crippen LogP contribution in [0.15, 0.2) is 83.7 Å². The number of para-hydroxylation sites is 2. The molecule has 4 rings (SSSR count). The molecule has 0 bridgehead atoms. The zero-order valence-corrected chi connectivity index (χ0v) is 19.8. The minimum Gasteiger partial charge on any atom is -0.383 e. The third-order valence-corrected chi connectivity index (χ3v) is 6.06. The molecule has 1 amide bonds. The van der Waals surface area contributed by atoms with Crippen molar-refractivity contribution in [3.8, 4) is 5.69 Å². The summed E-state index contributed by atoms with van der Waals surface area (Å²) >= 11 is 0. The highest BCUT2D eigenvalue weighted by atomic mass is 16.5. The van der Waals surface area contributed by atoms with Crippen LogP contribution in [0.5, 0.6) is 0 Å². The topological polar surface area (TPSA) is 64.4 Å². The van der Waals surface area contributed by atoms with E-state index in [1.54, 1.807) is 22.6 Å². The minimum atomic E-state index is -0.481. The Hall–Kier alpha value is -3.77. The molecule has 6 nitrogen and oxygen atoms in total. The van der Waals surface area contributed by atoms with Crippen LogP contribution in [0.2, 0.25) is 0 Å². The molecule has 34 heavy (non-hydrogen) atoms. The van der Waals surface area contributed by atoms with Crippen LogP contribution in [0.25, 0.3) is 16.6 Å². The molecular formula is C28H29N3O3. The highest BCUT2D eigenvalue weighted by Crippen LogP contribution is 2.24. The number of nitrogens with zero attached hydrogens (tertiary/aromatic N) is 3. The maximum absolute atomic E-state index is 13.6. The Morgan fingerprint density at radius 1 is 1.00 bits per heavy atom. The van der Waals surface area contributed by atoms with Crippen molar-refractivity contribution < 1.29 is 9.53 Å². The normalized spacial score (nSPS) is 12.0. The van der Waals surface area contributed by atoms with Gasteiger partial charge in [-0.1, -0.05) is 49.4 Å². The molecule has 174 valence electrons. The van der Waals surface area contributed by atoms with E-state index in [4.69, 9.17) is 9.72 Å². The predicted octanol–water partition coefficient (Wildman–Crippen LogP) is 4.80. The minimum absolute atomic E-state index is 0.130. The van der Waals surface area contributed by atoms with E-state index in [0.29, 0.717) is 41.1 Å². The number of methoxy groups -OCH3 is 1. The lowest BCUT2D eigenvalue weighted by molar-refractivity contribution is 0.0605. The second kappa shape index (κ2) is 10.4. The average molecular weight is 456 g/mol. The third-order valence-electron chi connectivity index (χ3n) is 6.06. The number of benzene rings is 3. The molecule has 4 aromatic rings. The van der Waals surface area contributed by atoms with Gasteiger partial charge in [-0.05, 0) is 55.3 Å². The zero-order chi connectivity index (χ0) is 24.1. The summed E-state index contributed by atoms with van der Waals surface area (Å²) in [5, 5.41) is 0.534. The highest BCUT2D eigenvalue weighted by molar-refractivity contribution is 5.94. The third kappa shape index (κ3) is 4.63. The van der Waals surface area contributed by atoms with Crippen molar-refractivity contribution in [2.75, 3.05) is 20.3 Å². The molecule has 0 saturated heterocycles. The average Bonchev–Trinajstić information content (AvgIpc) is 2.89. The summed E-state index contributed by atoms with van der Waals surface area (Å²) in [6.45, 7) is 4.72. The lowest BCUT2D eigenvalue weighted by atomic mass is 10.1. The van der Waals surface area contributed by atoms with E-state index in [1.807, 2.05) is 79.7 Å². The van der Waals surface area contributed by atoms with Crippen LogP contribution < -0.4 is 5.56 Å². The van der Waals surface area contributed by atoms with Crippen LogP contribution in [0, 0.1) is 0 Å². The number of fused-ring (bicyclic) bond motifs is 1. The predicted molar refractivity (Wildman–Crippen MR) is 134 cm³/mol. The molecule has 0 fully saturated rings. The monoisotopic (exact) mass is 455 g/mol. The SMILES string of the molecule is CCc1ccc(C(=O)N(CCOC)C(C)c2nc3ccccc3c(=O)n2-c2ccccc2)cc1. The van der Waals surface area contributed by atoms with Gasteiger partial charge < -0.3 is 9.64 Å². The van der Waals surface area contributed by atoms with Crippen molar-refractivity contribution >= 4 is 16.8 Å². The van der Waals surface area contributed by atoms with E-state index in [-0.39, 0.29) is 11.5 Å². The van der Waals surface area contributed by atoms with Gasteiger partial charge in [-0.2, -0.15) is 0 Å². The number of aromatic nitrogens is 2. The number of carbonyl (C=O) groups is 1. The quantitative estimate of drug-likeness (QED) is 0.383. The Balaban J connectivity index is 1.85. The largest absolute Gasteiger partial charge is 0.383 e. The van der Waals surface area contributed by atoms with Crippen molar-refractivity contribution in [3.05, 3.63) is 106 Å². The van der Waals surface area contributed by atoms with Crippen molar-refractivity contribution in [1.82, 2.24) is 14.5 Å². The molecule has 0 aliphatic rings. The van der Waals surface area contributed by atoms with E-state index < -0.39 is 6.04 Å². The van der Waals surface area contributed by atoms with Crippen LogP contribution in [0.3, 0.4) is 0 Å². The summed E-state index contributed by atoms with van der Waals surface area (Å²) in [6, 6.07) is 23.9. The summed E-state index contributed by atoms with van der Waals surface area (Å²) in [5.74, 6) is 0.374. The molecule has 1 aromatic heterocycles.